The molecule has 1 atom stereocenters. The van der Waals surface area contributed by atoms with Crippen molar-refractivity contribution >= 4 is 17.8 Å². The largest absolute Gasteiger partial charge is 0.478 e. The van der Waals surface area contributed by atoms with E-state index in [0.29, 0.717) is 0 Å². The van der Waals surface area contributed by atoms with Gasteiger partial charge in [-0.2, -0.15) is 0 Å². The molecule has 1 aromatic rings. The highest BCUT2D eigenvalue weighted by atomic mass is 19.1. The second-order valence-corrected chi connectivity index (χ2v) is 4.69. The van der Waals surface area contributed by atoms with Gasteiger partial charge in [0.05, 0.1) is 12.2 Å². The van der Waals surface area contributed by atoms with Gasteiger partial charge in [-0.1, -0.05) is 6.07 Å². The van der Waals surface area contributed by atoms with Crippen LogP contribution in [0.3, 0.4) is 0 Å². The standard InChI is InChI=1S/C14H14F2N2O5/c1-3-22-10(19)7-14(13(20)21)17-12(18(2)23-14)11-8(15)5-4-6-9(11)16/h4-6H,3,7H2,1-2H3,(H,20,21). The van der Waals surface area contributed by atoms with Gasteiger partial charge >= 0.3 is 11.9 Å². The van der Waals surface area contributed by atoms with E-state index in [1.54, 1.807) is 6.92 Å². The topological polar surface area (TPSA) is 88.4 Å². The van der Waals surface area contributed by atoms with E-state index in [9.17, 15) is 23.5 Å². The van der Waals surface area contributed by atoms with Crippen LogP contribution in [0.2, 0.25) is 0 Å². The number of benzene rings is 1. The maximum atomic E-state index is 13.9. The van der Waals surface area contributed by atoms with Crippen LogP contribution in [-0.4, -0.2) is 47.3 Å². The quantitative estimate of drug-likeness (QED) is 0.820. The number of hydroxylamine groups is 2. The third-order valence-electron chi connectivity index (χ3n) is 3.08. The number of hydrogen-bond donors (Lipinski definition) is 1. The van der Waals surface area contributed by atoms with Gasteiger partial charge in [0.1, 0.15) is 18.1 Å². The summed E-state index contributed by atoms with van der Waals surface area (Å²) in [5, 5.41) is 10.2. The van der Waals surface area contributed by atoms with Crippen LogP contribution >= 0.6 is 0 Å². The third kappa shape index (κ3) is 3.14. The van der Waals surface area contributed by atoms with E-state index in [1.807, 2.05) is 0 Å². The first-order chi connectivity index (χ1) is 10.8. The molecular formula is C14H14F2N2O5. The first-order valence-electron chi connectivity index (χ1n) is 6.67. The highest BCUT2D eigenvalue weighted by Gasteiger charge is 2.50. The fourth-order valence-electron chi connectivity index (χ4n) is 2.10. The molecule has 0 amide bonds. The summed E-state index contributed by atoms with van der Waals surface area (Å²) in [7, 11) is 1.24. The van der Waals surface area contributed by atoms with Crippen molar-refractivity contribution < 1.29 is 33.1 Å². The van der Waals surface area contributed by atoms with E-state index in [-0.39, 0.29) is 12.4 Å². The smallest absolute Gasteiger partial charge is 0.362 e. The number of aliphatic imine (C=N–C) groups is 1. The number of nitrogens with zero attached hydrogens (tertiary/aromatic N) is 2. The van der Waals surface area contributed by atoms with Crippen molar-refractivity contribution in [3.05, 3.63) is 35.4 Å². The third-order valence-corrected chi connectivity index (χ3v) is 3.08. The Kier molecular flexibility index (Phi) is 4.60. The van der Waals surface area contributed by atoms with E-state index in [4.69, 9.17) is 4.84 Å². The van der Waals surface area contributed by atoms with E-state index >= 15 is 0 Å². The number of aliphatic carboxylic acids is 1. The molecule has 7 nitrogen and oxygen atoms in total. The van der Waals surface area contributed by atoms with E-state index in [1.165, 1.54) is 7.05 Å². The first kappa shape index (κ1) is 16.8. The summed E-state index contributed by atoms with van der Waals surface area (Å²) in [6.07, 6.45) is -0.736. The number of carbonyl (C=O) groups excluding carboxylic acids is 1. The van der Waals surface area contributed by atoms with Gasteiger partial charge in [0.2, 0.25) is 0 Å². The number of carbonyl (C=O) groups is 2. The van der Waals surface area contributed by atoms with Crippen LogP contribution < -0.4 is 0 Å². The molecule has 1 aliphatic rings. The average molecular weight is 328 g/mol. The summed E-state index contributed by atoms with van der Waals surface area (Å²) in [5.41, 5.74) is -2.87. The Bertz CT molecular complexity index is 659. The molecule has 0 aromatic heterocycles. The molecule has 0 radical (unpaired) electrons. The number of carboxylic acid groups (broad SMARTS) is 1. The summed E-state index contributed by atoms with van der Waals surface area (Å²) in [6, 6.07) is 3.16. The van der Waals surface area contributed by atoms with Gasteiger partial charge in [-0.05, 0) is 19.1 Å². The highest BCUT2D eigenvalue weighted by molar-refractivity contribution is 6.02. The number of halogens is 2. The van der Waals surface area contributed by atoms with Gasteiger partial charge < -0.3 is 9.84 Å². The molecule has 1 aromatic carbocycles. The van der Waals surface area contributed by atoms with E-state index in [0.717, 1.165) is 23.3 Å². The lowest BCUT2D eigenvalue weighted by atomic mass is 10.1. The van der Waals surface area contributed by atoms with Crippen LogP contribution in [0.15, 0.2) is 23.2 Å². The molecule has 1 unspecified atom stereocenters. The zero-order chi connectivity index (χ0) is 17.2. The van der Waals surface area contributed by atoms with Crippen molar-refractivity contribution in [1.29, 1.82) is 0 Å². The predicted molar refractivity (Wildman–Crippen MR) is 73.4 cm³/mol. The van der Waals surface area contributed by atoms with Crippen molar-refractivity contribution in [3.8, 4) is 0 Å². The van der Waals surface area contributed by atoms with Gasteiger partial charge in [-0.15, -0.1) is 0 Å². The Hall–Kier alpha value is -2.55. The van der Waals surface area contributed by atoms with Crippen LogP contribution in [0.1, 0.15) is 18.9 Å². The Labute approximate surface area is 130 Å². The van der Waals surface area contributed by atoms with Crippen molar-refractivity contribution in [2.24, 2.45) is 4.99 Å². The van der Waals surface area contributed by atoms with Gasteiger partial charge in [-0.3, -0.25) is 4.79 Å². The fourth-order valence-corrected chi connectivity index (χ4v) is 2.10. The molecule has 0 spiro atoms. The number of carboxylic acids is 1. The number of amidine groups is 1. The lowest BCUT2D eigenvalue weighted by molar-refractivity contribution is -0.203. The minimum Gasteiger partial charge on any atom is -0.478 e. The second-order valence-electron chi connectivity index (χ2n) is 4.69. The molecule has 0 saturated heterocycles. The zero-order valence-electron chi connectivity index (χ0n) is 12.4. The maximum absolute atomic E-state index is 13.9. The molecule has 1 heterocycles. The monoisotopic (exact) mass is 328 g/mol. The molecule has 0 saturated carbocycles. The van der Waals surface area contributed by atoms with Gasteiger partial charge in [-0.25, -0.2) is 28.5 Å². The molecule has 124 valence electrons. The molecule has 1 aliphatic heterocycles. The Morgan fingerprint density at radius 1 is 1.39 bits per heavy atom. The number of ether oxygens (including phenoxy) is 1. The summed E-state index contributed by atoms with van der Waals surface area (Å²) < 4.78 is 32.4. The molecule has 0 aliphatic carbocycles. The van der Waals surface area contributed by atoms with E-state index in [2.05, 4.69) is 9.73 Å². The van der Waals surface area contributed by atoms with Crippen LogP contribution in [0.4, 0.5) is 8.78 Å². The summed E-state index contributed by atoms with van der Waals surface area (Å²) in [6.45, 7) is 1.60. The normalized spacial score (nSPS) is 20.3. The van der Waals surface area contributed by atoms with Crippen LogP contribution in [0.25, 0.3) is 0 Å². The predicted octanol–water partition coefficient (Wildman–Crippen LogP) is 1.32. The Balaban J connectivity index is 2.47. The minimum absolute atomic E-state index is 0.0445. The first-order valence-corrected chi connectivity index (χ1v) is 6.67. The summed E-state index contributed by atoms with van der Waals surface area (Å²) in [4.78, 5) is 31.9. The fraction of sp³-hybridized carbons (Fsp3) is 0.357. The lowest BCUT2D eigenvalue weighted by Crippen LogP contribution is -2.41. The van der Waals surface area contributed by atoms with Gasteiger partial charge in [0, 0.05) is 7.05 Å². The number of esters is 1. The van der Waals surface area contributed by atoms with Crippen LogP contribution in [0.5, 0.6) is 0 Å². The Morgan fingerprint density at radius 3 is 2.52 bits per heavy atom. The zero-order valence-corrected chi connectivity index (χ0v) is 12.4. The van der Waals surface area contributed by atoms with E-state index < -0.39 is 41.3 Å². The molecule has 0 bridgehead atoms. The molecular weight excluding hydrogens is 314 g/mol. The van der Waals surface area contributed by atoms with Crippen LogP contribution in [-0.2, 0) is 19.2 Å². The molecule has 1 N–H and O–H groups in total. The molecule has 0 fully saturated rings. The average Bonchev–Trinajstić information content (AvgIpc) is 2.77. The van der Waals surface area contributed by atoms with Gasteiger partial charge in [0.15, 0.2) is 5.84 Å². The summed E-state index contributed by atoms with van der Waals surface area (Å²) >= 11 is 0. The highest BCUT2D eigenvalue weighted by Crippen LogP contribution is 2.30. The maximum Gasteiger partial charge on any atom is 0.362 e. The van der Waals surface area contributed by atoms with Gasteiger partial charge in [0.25, 0.3) is 5.72 Å². The van der Waals surface area contributed by atoms with Crippen molar-refractivity contribution in [1.82, 2.24) is 5.06 Å². The molecule has 23 heavy (non-hydrogen) atoms. The number of rotatable bonds is 5. The Morgan fingerprint density at radius 2 is 2.00 bits per heavy atom. The molecule has 2 rings (SSSR count). The number of hydrogen-bond acceptors (Lipinski definition) is 6. The minimum atomic E-state index is -2.33. The SMILES string of the molecule is CCOC(=O)CC1(C(=O)O)N=C(c2c(F)cccc2F)N(C)O1. The second kappa shape index (κ2) is 6.29. The van der Waals surface area contributed by atoms with Crippen LogP contribution in [0, 0.1) is 11.6 Å². The van der Waals surface area contributed by atoms with Crippen molar-refractivity contribution in [2.45, 2.75) is 19.1 Å². The van der Waals surface area contributed by atoms with Crippen molar-refractivity contribution in [3.63, 3.8) is 0 Å². The summed E-state index contributed by atoms with van der Waals surface area (Å²) in [5.74, 6) is -4.67. The lowest BCUT2D eigenvalue weighted by Gasteiger charge is -2.21. The molecule has 9 heteroatoms. The van der Waals surface area contributed by atoms with Crippen molar-refractivity contribution in [2.75, 3.05) is 13.7 Å².